The summed E-state index contributed by atoms with van der Waals surface area (Å²) in [5, 5.41) is 13.4. The van der Waals surface area contributed by atoms with Gasteiger partial charge in [-0.15, -0.1) is 0 Å². The fourth-order valence-electron chi connectivity index (χ4n) is 8.09. The van der Waals surface area contributed by atoms with Gasteiger partial charge >= 0.3 is 18.3 Å². The Kier molecular flexibility index (Phi) is 11.9. The molecular formula is C36H47B2F3N6O6. The smallest absolute Gasteiger partial charge is 0.451 e. The maximum Gasteiger partial charge on any atom is 0.451 e. The largest absolute Gasteiger partial charge is 0.509 e. The van der Waals surface area contributed by atoms with Crippen molar-refractivity contribution in [2.45, 2.75) is 62.9 Å². The number of nitrogens with one attached hydrogen (secondary N) is 1. The number of piperidine rings is 2. The highest BCUT2D eigenvalue weighted by molar-refractivity contribution is 6.41. The number of hydrogen-bond acceptors (Lipinski definition) is 8. The van der Waals surface area contributed by atoms with Crippen LogP contribution in [0.25, 0.3) is 0 Å². The highest BCUT2D eigenvalue weighted by Crippen LogP contribution is 2.26. The van der Waals surface area contributed by atoms with Gasteiger partial charge in [-0.05, 0) is 60.2 Å². The fraction of sp³-hybridized carbons (Fsp3) is 0.556. The third-order valence-corrected chi connectivity index (χ3v) is 11.2. The Morgan fingerprint density at radius 2 is 1.47 bits per heavy atom. The van der Waals surface area contributed by atoms with Crippen molar-refractivity contribution < 1.29 is 42.2 Å². The van der Waals surface area contributed by atoms with E-state index in [1.807, 2.05) is 29.2 Å². The third kappa shape index (κ3) is 9.29. The Morgan fingerprint density at radius 3 is 2.11 bits per heavy atom. The van der Waals surface area contributed by atoms with Crippen LogP contribution in [0, 0.1) is 0 Å². The first kappa shape index (κ1) is 38.5. The van der Waals surface area contributed by atoms with Gasteiger partial charge in [-0.2, -0.15) is 13.2 Å². The lowest BCUT2D eigenvalue weighted by Crippen LogP contribution is -2.56. The SMILES string of the molecule is Bc1cc(C[C@@H](OC(=O)N2CCC(N3CCc4ccccc4NC3=O)CC2)C(=O)N2CCC(N3CCN(CC(=O)C(F)(F)F)CC3)CC2)cc(B)c1O. The molecule has 284 valence electrons. The number of ketones is 1. The van der Waals surface area contributed by atoms with Crippen molar-refractivity contribution in [2.75, 3.05) is 70.8 Å². The van der Waals surface area contributed by atoms with E-state index in [4.69, 9.17) is 4.74 Å². The molecule has 4 heterocycles. The second kappa shape index (κ2) is 16.4. The number of benzene rings is 2. The number of carbonyl (C=O) groups is 4. The number of aromatic hydroxyl groups is 1. The van der Waals surface area contributed by atoms with E-state index in [0.29, 0.717) is 95.5 Å². The summed E-state index contributed by atoms with van der Waals surface area (Å²) in [5.41, 5.74) is 3.98. The van der Waals surface area contributed by atoms with Gasteiger partial charge in [0, 0.05) is 83.1 Å². The van der Waals surface area contributed by atoms with E-state index >= 15 is 0 Å². The number of para-hydroxylation sites is 1. The molecule has 4 aliphatic rings. The van der Waals surface area contributed by atoms with E-state index in [-0.39, 0.29) is 36.2 Å². The molecule has 6 rings (SSSR count). The number of fused-ring (bicyclic) bond motifs is 1. The van der Waals surface area contributed by atoms with E-state index in [9.17, 15) is 37.5 Å². The molecule has 17 heteroatoms. The Hall–Kier alpha value is -4.24. The maximum atomic E-state index is 14.1. The van der Waals surface area contributed by atoms with Gasteiger partial charge < -0.3 is 29.9 Å². The number of Topliss-reactive ketones (excluding diaryl/α,β-unsaturated/α-hetero) is 1. The lowest BCUT2D eigenvalue weighted by molar-refractivity contribution is -0.172. The van der Waals surface area contributed by atoms with Gasteiger partial charge in [0.1, 0.15) is 21.4 Å². The molecular weight excluding hydrogens is 691 g/mol. The Labute approximate surface area is 309 Å². The van der Waals surface area contributed by atoms with E-state index in [2.05, 4.69) is 10.2 Å². The minimum atomic E-state index is -4.83. The van der Waals surface area contributed by atoms with Crippen LogP contribution in [0.1, 0.15) is 36.8 Å². The van der Waals surface area contributed by atoms with Crippen molar-refractivity contribution >= 4 is 56.1 Å². The molecule has 0 aliphatic carbocycles. The van der Waals surface area contributed by atoms with Crippen LogP contribution in [0.15, 0.2) is 36.4 Å². The molecule has 2 aromatic rings. The van der Waals surface area contributed by atoms with Gasteiger partial charge in [0.05, 0.1) is 6.54 Å². The fourth-order valence-corrected chi connectivity index (χ4v) is 8.09. The molecule has 12 nitrogen and oxygen atoms in total. The number of alkyl halides is 3. The molecule has 0 unspecified atom stereocenters. The van der Waals surface area contributed by atoms with E-state index < -0.39 is 30.7 Å². The summed E-state index contributed by atoms with van der Waals surface area (Å²) >= 11 is 0. The summed E-state index contributed by atoms with van der Waals surface area (Å²) in [4.78, 5) is 61.2. The minimum Gasteiger partial charge on any atom is -0.509 e. The molecule has 4 aliphatic heterocycles. The molecule has 53 heavy (non-hydrogen) atoms. The van der Waals surface area contributed by atoms with Crippen LogP contribution in [0.4, 0.5) is 28.4 Å². The second-order valence-electron chi connectivity index (χ2n) is 14.7. The molecule has 4 amide bonds. The first-order valence-electron chi connectivity index (χ1n) is 18.5. The predicted molar refractivity (Wildman–Crippen MR) is 198 cm³/mol. The zero-order valence-corrected chi connectivity index (χ0v) is 30.4. The summed E-state index contributed by atoms with van der Waals surface area (Å²) in [7, 11) is 3.56. The zero-order chi connectivity index (χ0) is 37.9. The number of urea groups is 1. The number of hydrogen-bond donors (Lipinski definition) is 2. The number of nitrogens with zero attached hydrogens (tertiary/aromatic N) is 5. The first-order chi connectivity index (χ1) is 25.3. The topological polar surface area (TPSA) is 126 Å². The summed E-state index contributed by atoms with van der Waals surface area (Å²) in [6.07, 6.45) is -3.16. The Bertz CT molecular complexity index is 1650. The van der Waals surface area contributed by atoms with Gasteiger partial charge in [-0.3, -0.25) is 19.4 Å². The normalized spacial score (nSPS) is 20.4. The third-order valence-electron chi connectivity index (χ3n) is 11.2. The molecule has 0 saturated carbocycles. The van der Waals surface area contributed by atoms with Crippen molar-refractivity contribution in [2.24, 2.45) is 0 Å². The molecule has 0 spiro atoms. The van der Waals surface area contributed by atoms with Crippen LogP contribution in [0.3, 0.4) is 0 Å². The maximum absolute atomic E-state index is 14.1. The number of phenols is 1. The Balaban J connectivity index is 1.05. The van der Waals surface area contributed by atoms with Crippen molar-refractivity contribution in [3.63, 3.8) is 0 Å². The minimum absolute atomic E-state index is 0.0413. The van der Waals surface area contributed by atoms with Crippen LogP contribution in [-0.2, 0) is 27.2 Å². The number of amides is 4. The Morgan fingerprint density at radius 1 is 0.868 bits per heavy atom. The highest BCUT2D eigenvalue weighted by atomic mass is 19.4. The molecule has 3 fully saturated rings. The van der Waals surface area contributed by atoms with Crippen LogP contribution in [0.5, 0.6) is 5.75 Å². The standard InChI is InChI=1S/C36H47B2F3N6O6/c37-27-19-23(20-28(38)32(27)49)21-30(33(50)45-10-6-25(7-11-45)44-17-15-43(16-18-44)22-31(48)36(39,40)41)53-35(52)46-12-8-26(9-13-46)47-14-5-24-3-1-2-4-29(24)42-34(47)51/h1-4,19-20,25-26,30,49H,5-18,21-22,37-38H2,(H,42,51)/t30-/m1/s1. The van der Waals surface area contributed by atoms with Crippen LogP contribution in [-0.4, -0.2) is 159 Å². The van der Waals surface area contributed by atoms with Gasteiger partial charge in [-0.25, -0.2) is 9.59 Å². The number of anilines is 1. The van der Waals surface area contributed by atoms with Crippen LogP contribution < -0.4 is 16.2 Å². The van der Waals surface area contributed by atoms with Crippen molar-refractivity contribution in [3.05, 3.63) is 47.5 Å². The number of piperazine rings is 1. The summed E-state index contributed by atoms with van der Waals surface area (Å²) in [6.45, 7) is 3.37. The van der Waals surface area contributed by atoms with Crippen molar-refractivity contribution in [1.82, 2.24) is 24.5 Å². The average Bonchev–Trinajstić information content (AvgIpc) is 3.31. The van der Waals surface area contributed by atoms with Crippen molar-refractivity contribution in [3.8, 4) is 5.75 Å². The number of rotatable bonds is 8. The lowest BCUT2D eigenvalue weighted by Gasteiger charge is -2.43. The van der Waals surface area contributed by atoms with Gasteiger partial charge in [0.2, 0.25) is 5.78 Å². The summed E-state index contributed by atoms with van der Waals surface area (Å²) < 4.78 is 44.2. The molecule has 2 N–H and O–H groups in total. The summed E-state index contributed by atoms with van der Waals surface area (Å²) in [6, 6.07) is 11.3. The quantitative estimate of drug-likeness (QED) is 0.370. The van der Waals surface area contributed by atoms with Gasteiger partial charge in [0.25, 0.3) is 5.91 Å². The van der Waals surface area contributed by atoms with Crippen molar-refractivity contribution in [1.29, 1.82) is 0 Å². The second-order valence-corrected chi connectivity index (χ2v) is 14.7. The predicted octanol–water partition coefficient (Wildman–Crippen LogP) is 0.251. The number of phenolic OH excluding ortho intramolecular Hbond substituents is 1. The number of likely N-dealkylation sites (tertiary alicyclic amines) is 2. The van der Waals surface area contributed by atoms with E-state index in [1.54, 1.807) is 37.6 Å². The molecule has 2 aromatic carbocycles. The molecule has 1 atom stereocenters. The van der Waals surface area contributed by atoms with Crippen LogP contribution >= 0.6 is 0 Å². The summed E-state index contributed by atoms with van der Waals surface area (Å²) in [5.74, 6) is -1.86. The first-order valence-corrected chi connectivity index (χ1v) is 18.5. The van der Waals surface area contributed by atoms with E-state index in [0.717, 1.165) is 23.2 Å². The van der Waals surface area contributed by atoms with E-state index in [1.165, 1.54) is 4.90 Å². The average molecular weight is 738 g/mol. The zero-order valence-electron chi connectivity index (χ0n) is 30.4. The highest BCUT2D eigenvalue weighted by Gasteiger charge is 2.40. The number of ether oxygens (including phenoxy) is 1. The van der Waals surface area contributed by atoms with Gasteiger partial charge in [0.15, 0.2) is 6.10 Å². The molecule has 0 radical (unpaired) electrons. The lowest BCUT2D eigenvalue weighted by atomic mass is 9.83. The molecule has 3 saturated heterocycles. The molecule has 0 bridgehead atoms. The molecule has 0 aromatic heterocycles. The monoisotopic (exact) mass is 738 g/mol. The number of halogens is 3. The van der Waals surface area contributed by atoms with Gasteiger partial charge in [-0.1, -0.05) is 30.3 Å². The van der Waals surface area contributed by atoms with Crippen LogP contribution in [0.2, 0.25) is 0 Å². The number of carbonyl (C=O) groups excluding carboxylic acids is 4.